The molecule has 0 saturated carbocycles. The fourth-order valence-electron chi connectivity index (χ4n) is 8.35. The molecule has 0 unspecified atom stereocenters. The SMILES string of the molecule is CCCCCCCCCCCC(=O)Oc1ccc2nc3c(c(CC)c2c1)Cn1c-3cc2c(c1=O)COC(=O)[C@@]2(CC)OC(=O)CCCCCCCCCCC. The molecule has 0 saturated heterocycles. The van der Waals surface area contributed by atoms with Crippen molar-refractivity contribution < 1.29 is 28.6 Å². The third-order valence-corrected chi connectivity index (χ3v) is 11.6. The van der Waals surface area contributed by atoms with Gasteiger partial charge >= 0.3 is 17.9 Å². The van der Waals surface area contributed by atoms with Gasteiger partial charge in [0.25, 0.3) is 5.56 Å². The van der Waals surface area contributed by atoms with Crippen molar-refractivity contribution in [3.8, 4) is 17.1 Å². The maximum Gasteiger partial charge on any atom is 0.355 e. The van der Waals surface area contributed by atoms with E-state index in [2.05, 4.69) is 20.8 Å². The molecule has 2 aliphatic heterocycles. The maximum atomic E-state index is 14.1. The average molecular weight is 757 g/mol. The molecule has 0 fully saturated rings. The van der Waals surface area contributed by atoms with Gasteiger partial charge in [-0.3, -0.25) is 14.4 Å². The highest BCUT2D eigenvalue weighted by atomic mass is 16.6. The Morgan fingerprint density at radius 1 is 0.745 bits per heavy atom. The van der Waals surface area contributed by atoms with Crippen molar-refractivity contribution in [3.05, 3.63) is 56.9 Å². The second kappa shape index (κ2) is 20.8. The van der Waals surface area contributed by atoms with Gasteiger partial charge in [0, 0.05) is 29.4 Å². The van der Waals surface area contributed by atoms with Gasteiger partial charge in [0.2, 0.25) is 5.60 Å². The van der Waals surface area contributed by atoms with E-state index >= 15 is 0 Å². The van der Waals surface area contributed by atoms with Gasteiger partial charge in [0.05, 0.1) is 29.0 Å². The Morgan fingerprint density at radius 3 is 1.91 bits per heavy atom. The summed E-state index contributed by atoms with van der Waals surface area (Å²) < 4.78 is 19.1. The summed E-state index contributed by atoms with van der Waals surface area (Å²) in [6.07, 6.45) is 22.2. The zero-order valence-electron chi connectivity index (χ0n) is 34.0. The molecule has 3 aromatic rings. The Labute approximate surface area is 327 Å². The van der Waals surface area contributed by atoms with Crippen molar-refractivity contribution in [2.75, 3.05) is 0 Å². The van der Waals surface area contributed by atoms with Gasteiger partial charge in [-0.25, -0.2) is 9.78 Å². The van der Waals surface area contributed by atoms with Crippen LogP contribution in [-0.2, 0) is 49.0 Å². The first-order valence-corrected chi connectivity index (χ1v) is 21.6. The van der Waals surface area contributed by atoms with E-state index in [1.54, 1.807) is 17.6 Å². The number of fused-ring (bicyclic) bond motifs is 5. The summed E-state index contributed by atoms with van der Waals surface area (Å²) in [4.78, 5) is 58.7. The lowest BCUT2D eigenvalue weighted by Crippen LogP contribution is -2.47. The highest BCUT2D eigenvalue weighted by molar-refractivity contribution is 5.91. The van der Waals surface area contributed by atoms with Crippen molar-refractivity contribution >= 4 is 28.8 Å². The Kier molecular flexibility index (Phi) is 15.9. The van der Waals surface area contributed by atoms with E-state index in [1.165, 1.54) is 70.6 Å². The van der Waals surface area contributed by atoms with Crippen LogP contribution in [0.1, 0.15) is 185 Å². The van der Waals surface area contributed by atoms with E-state index in [1.807, 2.05) is 18.2 Å². The molecule has 9 heteroatoms. The third kappa shape index (κ3) is 10.2. The van der Waals surface area contributed by atoms with Crippen LogP contribution in [0.5, 0.6) is 5.75 Å². The molecule has 55 heavy (non-hydrogen) atoms. The molecule has 0 N–H and O–H groups in total. The lowest BCUT2D eigenvalue weighted by Gasteiger charge is -2.35. The molecule has 0 bridgehead atoms. The molecule has 5 rings (SSSR count). The number of carbonyl (C=O) groups is 3. The number of carbonyl (C=O) groups excluding carboxylic acids is 3. The van der Waals surface area contributed by atoms with Crippen molar-refractivity contribution in [2.24, 2.45) is 0 Å². The number of unbranched alkanes of at least 4 members (excludes halogenated alkanes) is 16. The molecule has 300 valence electrons. The van der Waals surface area contributed by atoms with E-state index in [4.69, 9.17) is 19.2 Å². The van der Waals surface area contributed by atoms with Crippen LogP contribution in [0.4, 0.5) is 0 Å². The number of nitrogens with zero attached hydrogens (tertiary/aromatic N) is 2. The summed E-state index contributed by atoms with van der Waals surface area (Å²) >= 11 is 0. The van der Waals surface area contributed by atoms with Crippen LogP contribution in [-0.4, -0.2) is 27.5 Å². The van der Waals surface area contributed by atoms with Gasteiger partial charge in [-0.2, -0.15) is 0 Å². The van der Waals surface area contributed by atoms with Crippen LogP contribution in [0.15, 0.2) is 29.1 Å². The summed E-state index contributed by atoms with van der Waals surface area (Å²) in [5.74, 6) is -0.853. The minimum atomic E-state index is -1.70. The van der Waals surface area contributed by atoms with Gasteiger partial charge in [-0.15, -0.1) is 0 Å². The molecular formula is C46H64N2O7. The Bertz CT molecular complexity index is 1850. The quantitative estimate of drug-likeness (QED) is 0.0394. The highest BCUT2D eigenvalue weighted by Gasteiger charge is 2.50. The second-order valence-electron chi connectivity index (χ2n) is 15.6. The van der Waals surface area contributed by atoms with Gasteiger partial charge in [0.1, 0.15) is 12.4 Å². The smallest absolute Gasteiger partial charge is 0.355 e. The molecule has 1 aromatic carbocycles. The van der Waals surface area contributed by atoms with Crippen LogP contribution in [0, 0.1) is 0 Å². The van der Waals surface area contributed by atoms with E-state index in [0.717, 1.165) is 60.6 Å². The fraction of sp³-hybridized carbons (Fsp3) is 0.630. The largest absolute Gasteiger partial charge is 0.457 e. The average Bonchev–Trinajstić information content (AvgIpc) is 3.55. The minimum absolute atomic E-state index is 0.143. The summed E-state index contributed by atoms with van der Waals surface area (Å²) in [5, 5.41) is 0.882. The lowest BCUT2D eigenvalue weighted by atomic mass is 9.85. The number of aromatic nitrogens is 2. The number of pyridine rings is 2. The Morgan fingerprint density at radius 2 is 1.33 bits per heavy atom. The van der Waals surface area contributed by atoms with E-state index in [-0.39, 0.29) is 31.0 Å². The molecule has 0 amide bonds. The van der Waals surface area contributed by atoms with E-state index in [0.29, 0.717) is 54.1 Å². The number of esters is 3. The normalized spacial score (nSPS) is 15.7. The molecular weight excluding hydrogens is 693 g/mol. The third-order valence-electron chi connectivity index (χ3n) is 11.6. The molecule has 2 aliphatic rings. The van der Waals surface area contributed by atoms with E-state index < -0.39 is 17.5 Å². The van der Waals surface area contributed by atoms with E-state index in [9.17, 15) is 19.2 Å². The van der Waals surface area contributed by atoms with Crippen molar-refractivity contribution in [3.63, 3.8) is 0 Å². The summed E-state index contributed by atoms with van der Waals surface area (Å²) in [7, 11) is 0. The molecule has 1 atom stereocenters. The number of ether oxygens (including phenoxy) is 3. The van der Waals surface area contributed by atoms with Crippen LogP contribution in [0.3, 0.4) is 0 Å². The first kappa shape index (κ1) is 42.1. The predicted molar refractivity (Wildman–Crippen MR) is 217 cm³/mol. The molecule has 2 aromatic heterocycles. The Balaban J connectivity index is 1.28. The van der Waals surface area contributed by atoms with Crippen LogP contribution < -0.4 is 10.3 Å². The summed E-state index contributed by atoms with van der Waals surface area (Å²) in [5.41, 5.74) is 2.69. The van der Waals surface area contributed by atoms with Gasteiger partial charge in [0.15, 0.2) is 0 Å². The minimum Gasteiger partial charge on any atom is -0.457 e. The van der Waals surface area contributed by atoms with Crippen molar-refractivity contribution in [1.82, 2.24) is 9.55 Å². The van der Waals surface area contributed by atoms with Crippen molar-refractivity contribution in [2.45, 2.75) is 188 Å². The molecule has 9 nitrogen and oxygen atoms in total. The number of cyclic esters (lactones) is 1. The first-order valence-electron chi connectivity index (χ1n) is 21.6. The van der Waals surface area contributed by atoms with Gasteiger partial charge < -0.3 is 18.8 Å². The number of hydrogen-bond acceptors (Lipinski definition) is 8. The van der Waals surface area contributed by atoms with Crippen molar-refractivity contribution in [1.29, 1.82) is 0 Å². The van der Waals surface area contributed by atoms with Crippen LogP contribution in [0.2, 0.25) is 0 Å². The van der Waals surface area contributed by atoms with Gasteiger partial charge in [-0.05, 0) is 55.5 Å². The topological polar surface area (TPSA) is 114 Å². The Hall–Kier alpha value is -4.01. The molecule has 0 aliphatic carbocycles. The summed E-state index contributed by atoms with van der Waals surface area (Å²) in [6.45, 7) is 8.44. The number of hydrogen-bond donors (Lipinski definition) is 0. The zero-order chi connectivity index (χ0) is 39.2. The van der Waals surface area contributed by atoms with Gasteiger partial charge in [-0.1, -0.05) is 130 Å². The second-order valence-corrected chi connectivity index (χ2v) is 15.6. The fourth-order valence-corrected chi connectivity index (χ4v) is 8.35. The highest BCUT2D eigenvalue weighted by Crippen LogP contribution is 2.42. The van der Waals surface area contributed by atoms with Crippen LogP contribution >= 0.6 is 0 Å². The maximum absolute atomic E-state index is 14.1. The molecule has 0 spiro atoms. The molecule has 4 heterocycles. The lowest BCUT2D eigenvalue weighted by molar-refractivity contribution is -0.189. The number of rotatable bonds is 24. The predicted octanol–water partition coefficient (Wildman–Crippen LogP) is 10.9. The molecule has 0 radical (unpaired) electrons. The number of aryl methyl sites for hydroxylation is 1. The zero-order valence-corrected chi connectivity index (χ0v) is 34.0. The van der Waals surface area contributed by atoms with Crippen LogP contribution in [0.25, 0.3) is 22.3 Å². The number of benzene rings is 1. The monoisotopic (exact) mass is 756 g/mol. The standard InChI is InChI=1S/C46H64N2O7/c1-5-9-11-13-15-17-19-21-23-25-41(49)54-33-27-28-39-35(29-33)34(7-3)36-31-48-40(43(36)47-39)30-38-37(44(48)51)32-53-45(52)46(38,8-4)55-42(50)26-24-22-20-18-16-14-12-10-6-2/h27-30H,5-26,31-32H2,1-4H3/t46-/m0/s1. The first-order chi connectivity index (χ1) is 26.8. The summed E-state index contributed by atoms with van der Waals surface area (Å²) in [6, 6.07) is 7.33.